The average molecular weight is 454 g/mol. The number of amides is 2. The van der Waals surface area contributed by atoms with Gasteiger partial charge in [-0.25, -0.2) is 0 Å². The summed E-state index contributed by atoms with van der Waals surface area (Å²) in [6.07, 6.45) is 1.74. The summed E-state index contributed by atoms with van der Waals surface area (Å²) < 4.78 is 0. The number of carbonyl (C=O) groups is 2. The van der Waals surface area contributed by atoms with Gasteiger partial charge in [0.1, 0.15) is 0 Å². The van der Waals surface area contributed by atoms with E-state index in [1.54, 1.807) is 23.2 Å². The molecule has 3 aromatic rings. The molecule has 1 saturated heterocycles. The van der Waals surface area contributed by atoms with Gasteiger partial charge in [-0.1, -0.05) is 18.2 Å². The zero-order chi connectivity index (χ0) is 24.2. The predicted molar refractivity (Wildman–Crippen MR) is 131 cm³/mol. The van der Waals surface area contributed by atoms with Crippen LogP contribution in [0.1, 0.15) is 32.7 Å². The molecule has 172 valence electrons. The van der Waals surface area contributed by atoms with E-state index < -0.39 is 0 Å². The Balaban J connectivity index is 1.71. The molecule has 1 N–H and O–H groups in total. The van der Waals surface area contributed by atoms with Crippen molar-refractivity contribution < 1.29 is 9.59 Å². The van der Waals surface area contributed by atoms with Crippen molar-refractivity contribution in [2.24, 2.45) is 0 Å². The molecule has 4 rings (SSSR count). The number of hydrogen-bond acceptors (Lipinski definition) is 5. The highest BCUT2D eigenvalue weighted by atomic mass is 16.2. The van der Waals surface area contributed by atoms with E-state index >= 15 is 0 Å². The molecule has 0 unspecified atom stereocenters. The lowest BCUT2D eigenvalue weighted by atomic mass is 9.96. The number of rotatable bonds is 5. The molecule has 0 saturated carbocycles. The quantitative estimate of drug-likeness (QED) is 0.639. The number of benzene rings is 2. The monoisotopic (exact) mass is 453 g/mol. The summed E-state index contributed by atoms with van der Waals surface area (Å²) in [5.41, 5.74) is 5.86. The Bertz CT molecular complexity index is 1280. The molecule has 0 radical (unpaired) electrons. The number of pyridine rings is 1. The molecule has 0 aliphatic carbocycles. The maximum atomic E-state index is 13.1. The Morgan fingerprint density at radius 3 is 2.65 bits per heavy atom. The molecule has 7 nitrogen and oxygen atoms in total. The SMILES string of the molecule is Cc1ccc(-c2cc(C(=O)NCc3ccc(C)nc3)cc(N3CCN(C)CC3=O)c2)c(C#N)c1. The molecule has 2 aromatic carbocycles. The van der Waals surface area contributed by atoms with Crippen molar-refractivity contribution in [3.05, 3.63) is 82.7 Å². The van der Waals surface area contributed by atoms with Gasteiger partial charge in [0.2, 0.25) is 5.91 Å². The highest BCUT2D eigenvalue weighted by Gasteiger charge is 2.24. The maximum Gasteiger partial charge on any atom is 0.251 e. The Morgan fingerprint density at radius 2 is 1.94 bits per heavy atom. The van der Waals surface area contributed by atoms with Crippen LogP contribution in [0.2, 0.25) is 0 Å². The van der Waals surface area contributed by atoms with Crippen molar-refractivity contribution in [1.29, 1.82) is 5.26 Å². The first-order valence-electron chi connectivity index (χ1n) is 11.2. The van der Waals surface area contributed by atoms with E-state index in [0.29, 0.717) is 36.4 Å². The van der Waals surface area contributed by atoms with Crippen molar-refractivity contribution in [2.75, 3.05) is 31.6 Å². The van der Waals surface area contributed by atoms with Crippen LogP contribution >= 0.6 is 0 Å². The highest BCUT2D eigenvalue weighted by Crippen LogP contribution is 2.30. The molecule has 0 atom stereocenters. The number of hydrogen-bond donors (Lipinski definition) is 1. The van der Waals surface area contributed by atoms with Gasteiger partial charge in [0, 0.05) is 42.8 Å². The third-order valence-corrected chi connectivity index (χ3v) is 5.94. The van der Waals surface area contributed by atoms with Crippen molar-refractivity contribution >= 4 is 17.5 Å². The first-order valence-corrected chi connectivity index (χ1v) is 11.2. The minimum Gasteiger partial charge on any atom is -0.348 e. The second-order valence-electron chi connectivity index (χ2n) is 8.70. The van der Waals surface area contributed by atoms with Crippen LogP contribution in [0.5, 0.6) is 0 Å². The second kappa shape index (κ2) is 9.86. The number of nitriles is 1. The average Bonchev–Trinajstić information content (AvgIpc) is 2.83. The molecular weight excluding hydrogens is 426 g/mol. The van der Waals surface area contributed by atoms with Gasteiger partial charge in [-0.05, 0) is 73.5 Å². The van der Waals surface area contributed by atoms with Gasteiger partial charge in [-0.2, -0.15) is 5.26 Å². The van der Waals surface area contributed by atoms with Crippen molar-refractivity contribution in [1.82, 2.24) is 15.2 Å². The third kappa shape index (κ3) is 5.13. The zero-order valence-corrected chi connectivity index (χ0v) is 19.6. The molecule has 2 amide bonds. The van der Waals surface area contributed by atoms with Crippen molar-refractivity contribution in [2.45, 2.75) is 20.4 Å². The minimum atomic E-state index is -0.254. The van der Waals surface area contributed by atoms with Crippen molar-refractivity contribution in [3.8, 4) is 17.2 Å². The van der Waals surface area contributed by atoms with Gasteiger partial charge in [-0.15, -0.1) is 0 Å². The van der Waals surface area contributed by atoms with E-state index in [0.717, 1.165) is 34.5 Å². The first-order chi connectivity index (χ1) is 16.3. The summed E-state index contributed by atoms with van der Waals surface area (Å²) in [6, 6.07) is 17.1. The Kier molecular flexibility index (Phi) is 6.71. The van der Waals surface area contributed by atoms with E-state index in [2.05, 4.69) is 16.4 Å². The van der Waals surface area contributed by atoms with E-state index in [1.165, 1.54) is 0 Å². The molecule has 1 fully saturated rings. The Hall–Kier alpha value is -4.02. The van der Waals surface area contributed by atoms with Gasteiger partial charge >= 0.3 is 0 Å². The number of likely N-dealkylation sites (N-methyl/N-ethyl adjacent to an activating group) is 1. The summed E-state index contributed by atoms with van der Waals surface area (Å²) in [5.74, 6) is -0.275. The summed E-state index contributed by atoms with van der Waals surface area (Å²) in [5, 5.41) is 12.6. The third-order valence-electron chi connectivity index (χ3n) is 5.94. The standard InChI is InChI=1S/C27H27N5O2/c1-18-4-7-25(23(10-18)14-28)21-11-22(27(34)30-16-20-6-5-19(2)29-15-20)13-24(12-21)32-9-8-31(3)17-26(32)33/h4-7,10-13,15H,8-9,16-17H2,1-3H3,(H,30,34). The maximum absolute atomic E-state index is 13.1. The molecule has 7 heteroatoms. The lowest BCUT2D eigenvalue weighted by Gasteiger charge is -2.32. The summed E-state index contributed by atoms with van der Waals surface area (Å²) in [4.78, 5) is 33.9. The molecule has 0 bridgehead atoms. The Morgan fingerprint density at radius 1 is 1.12 bits per heavy atom. The number of anilines is 1. The number of piperazine rings is 1. The van der Waals surface area contributed by atoms with Crippen LogP contribution in [0.25, 0.3) is 11.1 Å². The normalized spacial score (nSPS) is 14.1. The summed E-state index contributed by atoms with van der Waals surface area (Å²) in [6.45, 7) is 5.78. The largest absolute Gasteiger partial charge is 0.348 e. The fraction of sp³-hybridized carbons (Fsp3) is 0.259. The minimum absolute atomic E-state index is 0.0209. The van der Waals surface area contributed by atoms with Crippen LogP contribution in [0.3, 0.4) is 0 Å². The smallest absolute Gasteiger partial charge is 0.251 e. The van der Waals surface area contributed by atoms with E-state index in [1.807, 2.05) is 62.2 Å². The summed E-state index contributed by atoms with van der Waals surface area (Å²) in [7, 11) is 1.91. The van der Waals surface area contributed by atoms with Gasteiger partial charge in [-0.3, -0.25) is 19.5 Å². The van der Waals surface area contributed by atoms with E-state index in [9.17, 15) is 14.9 Å². The van der Waals surface area contributed by atoms with Crippen LogP contribution in [0.15, 0.2) is 54.7 Å². The van der Waals surface area contributed by atoms with Crippen LogP contribution in [0.4, 0.5) is 5.69 Å². The number of nitrogens with one attached hydrogen (secondary N) is 1. The molecule has 1 aliphatic rings. The fourth-order valence-electron chi connectivity index (χ4n) is 4.01. The first kappa shape index (κ1) is 23.1. The molecule has 0 spiro atoms. The van der Waals surface area contributed by atoms with Gasteiger partial charge in [0.15, 0.2) is 0 Å². The van der Waals surface area contributed by atoms with E-state index in [-0.39, 0.29) is 11.8 Å². The van der Waals surface area contributed by atoms with E-state index in [4.69, 9.17) is 0 Å². The number of carbonyl (C=O) groups excluding carboxylic acids is 2. The number of aromatic nitrogens is 1. The lowest BCUT2D eigenvalue weighted by Crippen LogP contribution is -2.49. The topological polar surface area (TPSA) is 89.3 Å². The van der Waals surface area contributed by atoms with Gasteiger partial charge in [0.05, 0.1) is 18.2 Å². The van der Waals surface area contributed by atoms with Gasteiger partial charge < -0.3 is 10.2 Å². The highest BCUT2D eigenvalue weighted by molar-refractivity contribution is 6.01. The molecule has 2 heterocycles. The molecular formula is C27H27N5O2. The van der Waals surface area contributed by atoms with Crippen LogP contribution in [0, 0.1) is 25.2 Å². The molecule has 34 heavy (non-hydrogen) atoms. The molecule has 1 aliphatic heterocycles. The van der Waals surface area contributed by atoms with Crippen LogP contribution in [-0.4, -0.2) is 48.4 Å². The number of aryl methyl sites for hydroxylation is 2. The van der Waals surface area contributed by atoms with Crippen molar-refractivity contribution in [3.63, 3.8) is 0 Å². The Labute approximate surface area is 199 Å². The predicted octanol–water partition coefficient (Wildman–Crippen LogP) is 3.45. The van der Waals surface area contributed by atoms with Crippen LogP contribution < -0.4 is 10.2 Å². The van der Waals surface area contributed by atoms with Crippen LogP contribution in [-0.2, 0) is 11.3 Å². The summed E-state index contributed by atoms with van der Waals surface area (Å²) >= 11 is 0. The zero-order valence-electron chi connectivity index (χ0n) is 19.6. The molecule has 1 aromatic heterocycles. The van der Waals surface area contributed by atoms with Gasteiger partial charge in [0.25, 0.3) is 5.91 Å². The second-order valence-corrected chi connectivity index (χ2v) is 8.70. The number of nitrogens with zero attached hydrogens (tertiary/aromatic N) is 4. The fourth-order valence-corrected chi connectivity index (χ4v) is 4.01. The lowest BCUT2D eigenvalue weighted by molar-refractivity contribution is -0.120.